The van der Waals surface area contributed by atoms with E-state index in [1.807, 2.05) is 30.3 Å². The van der Waals surface area contributed by atoms with Crippen molar-refractivity contribution in [3.8, 4) is 5.75 Å². The lowest BCUT2D eigenvalue weighted by Crippen LogP contribution is -2.52. The van der Waals surface area contributed by atoms with Crippen molar-refractivity contribution in [2.45, 2.75) is 19.5 Å². The first-order chi connectivity index (χ1) is 17.0. The number of hydrogen-bond donors (Lipinski definition) is 1. The SMILES string of the molecule is CCOC(=O)C1=C(CN2CCN(Cc3ccccc3)CC2)N(C)C(=O)NC1c1ccccc1OC. The van der Waals surface area contributed by atoms with Gasteiger partial charge in [-0.25, -0.2) is 9.59 Å². The number of methoxy groups -OCH3 is 1. The Bertz CT molecular complexity index is 1060. The largest absolute Gasteiger partial charge is 0.496 e. The third kappa shape index (κ3) is 5.66. The molecule has 1 unspecified atom stereocenters. The van der Waals surface area contributed by atoms with Crippen LogP contribution in [0.15, 0.2) is 65.9 Å². The summed E-state index contributed by atoms with van der Waals surface area (Å²) in [6.45, 7) is 6.98. The summed E-state index contributed by atoms with van der Waals surface area (Å²) >= 11 is 0. The number of carbonyl (C=O) groups excluding carboxylic acids is 2. The Labute approximate surface area is 207 Å². The van der Waals surface area contributed by atoms with Gasteiger partial charge in [0.1, 0.15) is 5.75 Å². The minimum absolute atomic E-state index is 0.254. The van der Waals surface area contributed by atoms with Gasteiger partial charge in [0.2, 0.25) is 0 Å². The third-order valence-electron chi connectivity index (χ3n) is 6.61. The lowest BCUT2D eigenvalue weighted by atomic mass is 9.93. The van der Waals surface area contributed by atoms with Crippen LogP contribution in [-0.2, 0) is 16.1 Å². The minimum atomic E-state index is -0.650. The van der Waals surface area contributed by atoms with Gasteiger partial charge < -0.3 is 14.8 Å². The number of carbonyl (C=O) groups is 2. The molecule has 0 radical (unpaired) electrons. The maximum atomic E-state index is 13.2. The van der Waals surface area contributed by atoms with Crippen LogP contribution in [0, 0.1) is 0 Å². The van der Waals surface area contributed by atoms with Gasteiger partial charge >= 0.3 is 12.0 Å². The predicted molar refractivity (Wildman–Crippen MR) is 134 cm³/mol. The predicted octanol–water partition coefficient (Wildman–Crippen LogP) is 3.03. The van der Waals surface area contributed by atoms with Gasteiger partial charge in [0, 0.05) is 57.6 Å². The van der Waals surface area contributed by atoms with Crippen molar-refractivity contribution in [2.24, 2.45) is 0 Å². The van der Waals surface area contributed by atoms with Gasteiger partial charge in [-0.05, 0) is 18.6 Å². The molecule has 0 saturated carbocycles. The summed E-state index contributed by atoms with van der Waals surface area (Å²) in [5.74, 6) is 0.186. The Balaban J connectivity index is 1.58. The summed E-state index contributed by atoms with van der Waals surface area (Å²) < 4.78 is 11.0. The van der Waals surface area contributed by atoms with Crippen LogP contribution in [-0.4, -0.2) is 80.2 Å². The molecule has 2 aliphatic heterocycles. The first kappa shape index (κ1) is 24.8. The van der Waals surface area contributed by atoms with Crippen LogP contribution in [0.25, 0.3) is 0 Å². The van der Waals surface area contributed by atoms with Crippen molar-refractivity contribution < 1.29 is 19.1 Å². The molecule has 1 fully saturated rings. The number of hydrogen-bond acceptors (Lipinski definition) is 6. The zero-order valence-corrected chi connectivity index (χ0v) is 20.7. The van der Waals surface area contributed by atoms with Crippen molar-refractivity contribution >= 4 is 12.0 Å². The summed E-state index contributed by atoms with van der Waals surface area (Å²) in [6.07, 6.45) is 0. The van der Waals surface area contributed by atoms with Crippen molar-refractivity contribution in [3.63, 3.8) is 0 Å². The van der Waals surface area contributed by atoms with Crippen LogP contribution in [0.4, 0.5) is 4.79 Å². The number of amides is 2. The van der Waals surface area contributed by atoms with Gasteiger partial charge in [-0.2, -0.15) is 0 Å². The second-order valence-electron chi connectivity index (χ2n) is 8.80. The zero-order valence-electron chi connectivity index (χ0n) is 20.7. The third-order valence-corrected chi connectivity index (χ3v) is 6.61. The number of likely N-dealkylation sites (N-methyl/N-ethyl adjacent to an activating group) is 1. The summed E-state index contributed by atoms with van der Waals surface area (Å²) in [4.78, 5) is 32.5. The minimum Gasteiger partial charge on any atom is -0.496 e. The Morgan fingerprint density at radius 2 is 1.60 bits per heavy atom. The number of nitrogens with one attached hydrogen (secondary N) is 1. The highest BCUT2D eigenvalue weighted by Gasteiger charge is 2.38. The monoisotopic (exact) mass is 478 g/mol. The van der Waals surface area contributed by atoms with Gasteiger partial charge in [0.15, 0.2) is 0 Å². The molecule has 35 heavy (non-hydrogen) atoms. The summed E-state index contributed by atoms with van der Waals surface area (Å²) in [5.41, 5.74) is 3.14. The van der Waals surface area contributed by atoms with E-state index in [1.165, 1.54) is 10.5 Å². The number of benzene rings is 2. The second-order valence-corrected chi connectivity index (χ2v) is 8.80. The van der Waals surface area contributed by atoms with Crippen LogP contribution in [0.1, 0.15) is 24.1 Å². The highest BCUT2D eigenvalue weighted by atomic mass is 16.5. The van der Waals surface area contributed by atoms with E-state index in [0.29, 0.717) is 23.6 Å². The molecule has 2 aromatic rings. The Hall–Kier alpha value is -3.36. The van der Waals surface area contributed by atoms with Gasteiger partial charge in [-0.15, -0.1) is 0 Å². The Kier molecular flexibility index (Phi) is 8.05. The van der Waals surface area contributed by atoms with Gasteiger partial charge in [0.05, 0.1) is 25.3 Å². The Morgan fingerprint density at radius 1 is 0.971 bits per heavy atom. The fourth-order valence-electron chi connectivity index (χ4n) is 4.70. The molecule has 2 aliphatic rings. The van der Waals surface area contributed by atoms with Crippen LogP contribution in [0.3, 0.4) is 0 Å². The summed E-state index contributed by atoms with van der Waals surface area (Å²) in [7, 11) is 3.28. The van der Waals surface area contributed by atoms with E-state index in [2.05, 4.69) is 39.4 Å². The van der Waals surface area contributed by atoms with Crippen molar-refractivity contribution in [1.82, 2.24) is 20.0 Å². The maximum absolute atomic E-state index is 13.2. The van der Waals surface area contributed by atoms with Gasteiger partial charge in [-0.3, -0.25) is 14.7 Å². The van der Waals surface area contributed by atoms with Crippen LogP contribution >= 0.6 is 0 Å². The number of ether oxygens (including phenoxy) is 2. The molecule has 0 spiro atoms. The Morgan fingerprint density at radius 3 is 2.26 bits per heavy atom. The van der Waals surface area contributed by atoms with Crippen LogP contribution in [0.2, 0.25) is 0 Å². The van der Waals surface area contributed by atoms with Crippen LogP contribution in [0.5, 0.6) is 5.75 Å². The van der Waals surface area contributed by atoms with Gasteiger partial charge in [-0.1, -0.05) is 48.5 Å². The average Bonchev–Trinajstić information content (AvgIpc) is 2.88. The molecule has 1 N–H and O–H groups in total. The lowest BCUT2D eigenvalue weighted by molar-refractivity contribution is -0.139. The smallest absolute Gasteiger partial charge is 0.338 e. The maximum Gasteiger partial charge on any atom is 0.338 e. The molecule has 2 aromatic carbocycles. The normalized spacial score (nSPS) is 19.5. The highest BCUT2D eigenvalue weighted by Crippen LogP contribution is 2.35. The molecule has 0 aromatic heterocycles. The van der Waals surface area contributed by atoms with E-state index < -0.39 is 12.0 Å². The van der Waals surface area contributed by atoms with Gasteiger partial charge in [0.25, 0.3) is 0 Å². The average molecular weight is 479 g/mol. The molecule has 4 rings (SSSR count). The lowest BCUT2D eigenvalue weighted by Gasteiger charge is -2.39. The molecule has 0 aliphatic carbocycles. The van der Waals surface area contributed by atoms with Crippen molar-refractivity contribution in [2.75, 3.05) is 53.5 Å². The molecule has 0 bridgehead atoms. The van der Waals surface area contributed by atoms with Crippen molar-refractivity contribution in [3.05, 3.63) is 77.0 Å². The van der Waals surface area contributed by atoms with E-state index in [1.54, 1.807) is 21.1 Å². The van der Waals surface area contributed by atoms with Crippen molar-refractivity contribution in [1.29, 1.82) is 0 Å². The second kappa shape index (κ2) is 11.4. The molecule has 8 nitrogen and oxygen atoms in total. The summed E-state index contributed by atoms with van der Waals surface area (Å²) in [6, 6.07) is 17.0. The fraction of sp³-hybridized carbons (Fsp3) is 0.407. The standard InChI is InChI=1S/C27H34N4O4/c1-4-35-26(32)24-22(19-31-16-14-30(15-17-31)18-20-10-6-5-7-11-20)29(2)27(33)28-25(24)21-12-8-9-13-23(21)34-3/h5-13,25H,4,14-19H2,1-3H3,(H,28,33). The number of piperazine rings is 1. The molecule has 2 amide bonds. The molecule has 186 valence electrons. The van der Waals surface area contributed by atoms with E-state index >= 15 is 0 Å². The first-order valence-electron chi connectivity index (χ1n) is 12.1. The molecule has 1 saturated heterocycles. The van der Waals surface area contributed by atoms with E-state index in [4.69, 9.17) is 9.47 Å². The highest BCUT2D eigenvalue weighted by molar-refractivity contribution is 5.95. The summed E-state index contributed by atoms with van der Waals surface area (Å²) in [5, 5.41) is 2.97. The van der Waals surface area contributed by atoms with E-state index in [0.717, 1.165) is 38.3 Å². The topological polar surface area (TPSA) is 74.4 Å². The zero-order chi connectivity index (χ0) is 24.8. The molecular formula is C27H34N4O4. The number of para-hydroxylation sites is 1. The van der Waals surface area contributed by atoms with Crippen LogP contribution < -0.4 is 10.1 Å². The first-order valence-corrected chi connectivity index (χ1v) is 12.1. The quantitative estimate of drug-likeness (QED) is 0.588. The number of rotatable bonds is 8. The fourth-order valence-corrected chi connectivity index (χ4v) is 4.70. The number of urea groups is 1. The molecular weight excluding hydrogens is 444 g/mol. The molecule has 8 heteroatoms. The van der Waals surface area contributed by atoms with E-state index in [-0.39, 0.29) is 12.6 Å². The number of nitrogens with zero attached hydrogens (tertiary/aromatic N) is 3. The van der Waals surface area contributed by atoms with E-state index in [9.17, 15) is 9.59 Å². The molecule has 1 atom stereocenters. The number of esters is 1. The molecule has 2 heterocycles.